The summed E-state index contributed by atoms with van der Waals surface area (Å²) in [6.07, 6.45) is 1.95. The van der Waals surface area contributed by atoms with Crippen LogP contribution >= 0.6 is 0 Å². The number of benzene rings is 3. The van der Waals surface area contributed by atoms with Gasteiger partial charge in [0.05, 0.1) is 31.3 Å². The molecule has 0 bridgehead atoms. The lowest BCUT2D eigenvalue weighted by atomic mass is 9.97. The summed E-state index contributed by atoms with van der Waals surface area (Å²) in [6, 6.07) is 21.9. The summed E-state index contributed by atoms with van der Waals surface area (Å²) in [7, 11) is 3.04. The van der Waals surface area contributed by atoms with E-state index in [0.29, 0.717) is 22.7 Å². The molecule has 1 aromatic heterocycles. The molecule has 0 radical (unpaired) electrons. The van der Waals surface area contributed by atoms with Crippen LogP contribution < -0.4 is 14.4 Å². The molecule has 0 saturated heterocycles. The van der Waals surface area contributed by atoms with Gasteiger partial charge in [-0.3, -0.25) is 14.5 Å². The monoisotopic (exact) mass is 527 g/mol. The van der Waals surface area contributed by atoms with Crippen molar-refractivity contribution in [2.45, 2.75) is 25.9 Å². The van der Waals surface area contributed by atoms with Gasteiger partial charge in [0.2, 0.25) is 5.91 Å². The van der Waals surface area contributed by atoms with Crippen molar-refractivity contribution >= 4 is 17.5 Å². The SMILES string of the molecule is COc1cc(OC)cc(C(=O)N(CC(=O)N2c3ccccc3-n3cccc3C2c2ccc(F)cc2)C(C)C)c1. The van der Waals surface area contributed by atoms with Crippen LogP contribution in [-0.4, -0.2) is 48.1 Å². The van der Waals surface area contributed by atoms with E-state index in [0.717, 1.165) is 16.9 Å². The average molecular weight is 528 g/mol. The maximum absolute atomic E-state index is 14.2. The van der Waals surface area contributed by atoms with Gasteiger partial charge >= 0.3 is 0 Å². The van der Waals surface area contributed by atoms with Crippen LogP contribution in [0.25, 0.3) is 5.69 Å². The van der Waals surface area contributed by atoms with Gasteiger partial charge in [0.1, 0.15) is 29.9 Å². The van der Waals surface area contributed by atoms with E-state index in [4.69, 9.17) is 9.47 Å². The lowest BCUT2D eigenvalue weighted by molar-refractivity contribution is -0.120. The molecular formula is C31H30FN3O4. The van der Waals surface area contributed by atoms with Crippen molar-refractivity contribution < 1.29 is 23.5 Å². The van der Waals surface area contributed by atoms with Crippen LogP contribution in [-0.2, 0) is 4.79 Å². The molecule has 1 aliphatic heterocycles. The summed E-state index contributed by atoms with van der Waals surface area (Å²) >= 11 is 0. The van der Waals surface area contributed by atoms with Crippen molar-refractivity contribution in [1.82, 2.24) is 9.47 Å². The number of aromatic nitrogens is 1. The number of ether oxygens (including phenoxy) is 2. The number of fused-ring (bicyclic) bond motifs is 3. The van der Waals surface area contributed by atoms with Crippen molar-refractivity contribution in [3.8, 4) is 17.2 Å². The Morgan fingerprint density at radius 2 is 1.54 bits per heavy atom. The van der Waals surface area contributed by atoms with Crippen LogP contribution in [0.5, 0.6) is 11.5 Å². The minimum atomic E-state index is -0.510. The van der Waals surface area contributed by atoms with Gasteiger partial charge in [0.15, 0.2) is 0 Å². The molecule has 4 aromatic rings. The summed E-state index contributed by atoms with van der Waals surface area (Å²) < 4.78 is 26.6. The molecule has 1 unspecified atom stereocenters. The second kappa shape index (κ2) is 10.6. The minimum absolute atomic E-state index is 0.164. The Hall–Kier alpha value is -4.59. The molecular weight excluding hydrogens is 497 g/mol. The number of para-hydroxylation sites is 2. The zero-order valence-electron chi connectivity index (χ0n) is 22.3. The highest BCUT2D eigenvalue weighted by molar-refractivity contribution is 6.03. The van der Waals surface area contributed by atoms with Crippen LogP contribution in [0.2, 0.25) is 0 Å². The Kier molecular flexibility index (Phi) is 7.11. The molecule has 0 saturated carbocycles. The molecule has 7 nitrogen and oxygen atoms in total. The molecule has 200 valence electrons. The molecule has 0 aliphatic carbocycles. The highest BCUT2D eigenvalue weighted by Gasteiger charge is 2.37. The van der Waals surface area contributed by atoms with Gasteiger partial charge in [-0.25, -0.2) is 4.39 Å². The van der Waals surface area contributed by atoms with Crippen molar-refractivity contribution in [3.63, 3.8) is 0 Å². The summed E-state index contributed by atoms with van der Waals surface area (Å²) in [5.74, 6) is 0.0295. The number of nitrogens with zero attached hydrogens (tertiary/aromatic N) is 3. The van der Waals surface area contributed by atoms with Crippen molar-refractivity contribution in [1.29, 1.82) is 0 Å². The first kappa shape index (κ1) is 26.0. The minimum Gasteiger partial charge on any atom is -0.497 e. The second-order valence-electron chi connectivity index (χ2n) is 9.64. The Morgan fingerprint density at radius 3 is 2.15 bits per heavy atom. The maximum atomic E-state index is 14.2. The Morgan fingerprint density at radius 1 is 0.897 bits per heavy atom. The van der Waals surface area contributed by atoms with E-state index < -0.39 is 6.04 Å². The number of rotatable bonds is 7. The van der Waals surface area contributed by atoms with E-state index in [9.17, 15) is 14.0 Å². The average Bonchev–Trinajstić information content (AvgIpc) is 3.45. The third-order valence-corrected chi connectivity index (χ3v) is 6.96. The molecule has 2 amide bonds. The molecule has 2 heterocycles. The Balaban J connectivity index is 1.56. The second-order valence-corrected chi connectivity index (χ2v) is 9.64. The molecule has 1 atom stereocenters. The summed E-state index contributed by atoms with van der Waals surface area (Å²) in [4.78, 5) is 31.2. The third-order valence-electron chi connectivity index (χ3n) is 6.96. The van der Waals surface area contributed by atoms with E-state index in [1.807, 2.05) is 61.0 Å². The zero-order valence-corrected chi connectivity index (χ0v) is 22.3. The first-order valence-electron chi connectivity index (χ1n) is 12.7. The lowest BCUT2D eigenvalue weighted by Crippen LogP contribution is -2.48. The van der Waals surface area contributed by atoms with Crippen molar-refractivity contribution in [2.75, 3.05) is 25.7 Å². The zero-order chi connectivity index (χ0) is 27.7. The number of halogens is 1. The third kappa shape index (κ3) is 4.85. The topological polar surface area (TPSA) is 64.0 Å². The van der Waals surface area contributed by atoms with E-state index in [-0.39, 0.29) is 30.2 Å². The normalized spacial score (nSPS) is 14.0. The van der Waals surface area contributed by atoms with Crippen molar-refractivity contribution in [2.24, 2.45) is 0 Å². The van der Waals surface area contributed by atoms with E-state index >= 15 is 0 Å². The smallest absolute Gasteiger partial charge is 0.254 e. The fourth-order valence-electron chi connectivity index (χ4n) is 5.03. The van der Waals surface area contributed by atoms with Crippen LogP contribution in [0.15, 0.2) is 85.1 Å². The number of hydrogen-bond acceptors (Lipinski definition) is 4. The van der Waals surface area contributed by atoms with E-state index in [1.54, 1.807) is 35.2 Å². The van der Waals surface area contributed by atoms with E-state index in [1.165, 1.54) is 31.3 Å². The molecule has 0 fully saturated rings. The largest absolute Gasteiger partial charge is 0.497 e. The Bertz CT molecular complexity index is 1490. The van der Waals surface area contributed by atoms with Gasteiger partial charge in [-0.2, -0.15) is 0 Å². The number of carbonyl (C=O) groups is 2. The number of hydrogen-bond donors (Lipinski definition) is 0. The standard InChI is InChI=1S/C31H30FN3O4/c1-20(2)34(31(37)22-16-24(38-3)18-25(17-22)39-4)19-29(36)35-27-9-6-5-8-26(27)33-15-7-10-28(33)30(35)21-11-13-23(32)14-12-21/h5-18,20,30H,19H2,1-4H3. The number of methoxy groups -OCH3 is 2. The van der Waals surface area contributed by atoms with Gasteiger partial charge in [0.25, 0.3) is 5.91 Å². The highest BCUT2D eigenvalue weighted by Crippen LogP contribution is 2.42. The van der Waals surface area contributed by atoms with Crippen LogP contribution in [0, 0.1) is 5.82 Å². The highest BCUT2D eigenvalue weighted by atomic mass is 19.1. The van der Waals surface area contributed by atoms with Crippen LogP contribution in [0.1, 0.15) is 41.5 Å². The molecule has 39 heavy (non-hydrogen) atoms. The summed E-state index contributed by atoms with van der Waals surface area (Å²) in [5, 5.41) is 0. The van der Waals surface area contributed by atoms with Gasteiger partial charge in [-0.05, 0) is 67.9 Å². The van der Waals surface area contributed by atoms with Gasteiger partial charge in [0, 0.05) is 23.9 Å². The van der Waals surface area contributed by atoms with Crippen LogP contribution in [0.4, 0.5) is 10.1 Å². The molecule has 5 rings (SSSR count). The van der Waals surface area contributed by atoms with Gasteiger partial charge in [-0.15, -0.1) is 0 Å². The Labute approximate surface area is 227 Å². The fraction of sp³-hybridized carbons (Fsp3) is 0.226. The predicted molar refractivity (Wildman–Crippen MR) is 147 cm³/mol. The molecule has 1 aliphatic rings. The number of amides is 2. The van der Waals surface area contributed by atoms with Gasteiger partial charge in [-0.1, -0.05) is 24.3 Å². The fourth-order valence-corrected chi connectivity index (χ4v) is 5.03. The van der Waals surface area contributed by atoms with Gasteiger partial charge < -0.3 is 18.9 Å². The molecule has 8 heteroatoms. The first-order chi connectivity index (χ1) is 18.8. The summed E-state index contributed by atoms with van der Waals surface area (Å²) in [5.41, 5.74) is 3.55. The number of anilines is 1. The van der Waals surface area contributed by atoms with Crippen molar-refractivity contribution in [3.05, 3.63) is 108 Å². The van der Waals surface area contributed by atoms with E-state index in [2.05, 4.69) is 0 Å². The predicted octanol–water partition coefficient (Wildman–Crippen LogP) is 5.62. The lowest BCUT2D eigenvalue weighted by Gasteiger charge is -2.40. The quantitative estimate of drug-likeness (QED) is 0.313. The van der Waals surface area contributed by atoms with Crippen LogP contribution in [0.3, 0.4) is 0 Å². The maximum Gasteiger partial charge on any atom is 0.254 e. The first-order valence-corrected chi connectivity index (χ1v) is 12.7. The number of carbonyl (C=O) groups excluding carboxylic acids is 2. The molecule has 0 N–H and O–H groups in total. The summed E-state index contributed by atoms with van der Waals surface area (Å²) in [6.45, 7) is 3.58. The molecule has 0 spiro atoms. The molecule has 3 aromatic carbocycles.